The SMILES string of the molecule is Cc1ccc(-n2c(C)cc(C=C3SC(=O)N(CC(=O)Nc4c(C)cccc4C)C3=O)c2C)nc1. The molecule has 0 radical (unpaired) electrons. The molecule has 1 aromatic carbocycles. The highest BCUT2D eigenvalue weighted by Gasteiger charge is 2.36. The van der Waals surface area contributed by atoms with E-state index in [9.17, 15) is 14.4 Å². The Bertz CT molecular complexity index is 1320. The molecule has 34 heavy (non-hydrogen) atoms. The smallest absolute Gasteiger partial charge is 0.294 e. The number of hydrogen-bond acceptors (Lipinski definition) is 5. The molecule has 0 atom stereocenters. The molecule has 0 saturated carbocycles. The molecule has 1 aliphatic rings. The maximum absolute atomic E-state index is 13.0. The largest absolute Gasteiger partial charge is 0.324 e. The van der Waals surface area contributed by atoms with E-state index < -0.39 is 17.1 Å². The molecule has 0 spiro atoms. The molecule has 1 fully saturated rings. The quantitative estimate of drug-likeness (QED) is 0.521. The molecule has 0 aliphatic carbocycles. The zero-order valence-electron chi connectivity index (χ0n) is 19.8. The van der Waals surface area contributed by atoms with Crippen molar-refractivity contribution in [1.29, 1.82) is 0 Å². The number of aromatic nitrogens is 2. The van der Waals surface area contributed by atoms with Crippen molar-refractivity contribution in [3.63, 3.8) is 0 Å². The molecule has 0 bridgehead atoms. The minimum Gasteiger partial charge on any atom is -0.324 e. The zero-order valence-corrected chi connectivity index (χ0v) is 20.6. The van der Waals surface area contributed by atoms with Crippen LogP contribution >= 0.6 is 11.8 Å². The van der Waals surface area contributed by atoms with Crippen molar-refractivity contribution in [2.24, 2.45) is 0 Å². The van der Waals surface area contributed by atoms with Gasteiger partial charge in [-0.25, -0.2) is 4.98 Å². The highest BCUT2D eigenvalue weighted by molar-refractivity contribution is 8.18. The standard InChI is InChI=1S/C26H26N4O3S/c1-15-9-10-22(27-13-15)30-18(4)11-20(19(30)5)12-21-25(32)29(26(33)34-21)14-23(31)28-24-16(2)7-6-8-17(24)3/h6-13H,14H2,1-5H3,(H,28,31). The van der Waals surface area contributed by atoms with Crippen LogP contribution in [0.4, 0.5) is 10.5 Å². The van der Waals surface area contributed by atoms with E-state index in [1.807, 2.05) is 81.8 Å². The summed E-state index contributed by atoms with van der Waals surface area (Å²) in [5, 5.41) is 2.37. The fraction of sp³-hybridized carbons (Fsp3) is 0.231. The van der Waals surface area contributed by atoms with Crippen molar-refractivity contribution < 1.29 is 14.4 Å². The Morgan fingerprint density at radius 3 is 2.41 bits per heavy atom. The maximum atomic E-state index is 13.0. The van der Waals surface area contributed by atoms with Crippen LogP contribution in [-0.4, -0.2) is 38.0 Å². The topological polar surface area (TPSA) is 84.3 Å². The van der Waals surface area contributed by atoms with Crippen molar-refractivity contribution in [2.75, 3.05) is 11.9 Å². The zero-order chi connectivity index (χ0) is 24.6. The van der Waals surface area contributed by atoms with Crippen LogP contribution in [0.5, 0.6) is 0 Å². The van der Waals surface area contributed by atoms with Crippen LogP contribution in [0.25, 0.3) is 11.9 Å². The first-order chi connectivity index (χ1) is 16.2. The highest BCUT2D eigenvalue weighted by atomic mass is 32.2. The molecule has 1 N–H and O–H groups in total. The van der Waals surface area contributed by atoms with Crippen LogP contribution in [0.3, 0.4) is 0 Å². The number of carbonyl (C=O) groups excluding carboxylic acids is 3. The van der Waals surface area contributed by atoms with Gasteiger partial charge in [0.15, 0.2) is 0 Å². The van der Waals surface area contributed by atoms with E-state index in [-0.39, 0.29) is 6.54 Å². The lowest BCUT2D eigenvalue weighted by molar-refractivity contribution is -0.127. The molecule has 1 saturated heterocycles. The number of rotatable bonds is 5. The van der Waals surface area contributed by atoms with Gasteiger partial charge in [-0.05, 0) is 86.8 Å². The number of amides is 3. The predicted octanol–water partition coefficient (Wildman–Crippen LogP) is 5.09. The Morgan fingerprint density at radius 2 is 1.76 bits per heavy atom. The summed E-state index contributed by atoms with van der Waals surface area (Å²) >= 11 is 0.846. The van der Waals surface area contributed by atoms with Crippen LogP contribution in [0, 0.1) is 34.6 Å². The van der Waals surface area contributed by atoms with Gasteiger partial charge in [-0.3, -0.25) is 19.3 Å². The first kappa shape index (κ1) is 23.5. The molecule has 174 valence electrons. The molecule has 7 nitrogen and oxygen atoms in total. The molecule has 1 aliphatic heterocycles. The van der Waals surface area contributed by atoms with Crippen molar-refractivity contribution in [3.05, 3.63) is 81.1 Å². The van der Waals surface area contributed by atoms with Crippen molar-refractivity contribution in [3.8, 4) is 5.82 Å². The maximum Gasteiger partial charge on any atom is 0.294 e. The molecular weight excluding hydrogens is 448 g/mol. The summed E-state index contributed by atoms with van der Waals surface area (Å²) < 4.78 is 2.01. The number of aryl methyl sites for hydroxylation is 4. The number of thioether (sulfide) groups is 1. The van der Waals surface area contributed by atoms with Gasteiger partial charge >= 0.3 is 0 Å². The predicted molar refractivity (Wildman–Crippen MR) is 135 cm³/mol. The minimum atomic E-state index is -0.468. The Hall–Kier alpha value is -3.65. The fourth-order valence-electron chi connectivity index (χ4n) is 3.99. The van der Waals surface area contributed by atoms with Gasteiger partial charge in [-0.1, -0.05) is 24.3 Å². The number of para-hydroxylation sites is 1. The lowest BCUT2D eigenvalue weighted by atomic mass is 10.1. The molecular formula is C26H26N4O3S. The van der Waals surface area contributed by atoms with E-state index >= 15 is 0 Å². The van der Waals surface area contributed by atoms with Gasteiger partial charge in [-0.2, -0.15) is 0 Å². The monoisotopic (exact) mass is 474 g/mol. The summed E-state index contributed by atoms with van der Waals surface area (Å²) in [6, 6.07) is 11.6. The second kappa shape index (κ2) is 9.30. The van der Waals surface area contributed by atoms with Gasteiger partial charge < -0.3 is 9.88 Å². The van der Waals surface area contributed by atoms with Gasteiger partial charge in [0.1, 0.15) is 12.4 Å². The average molecular weight is 475 g/mol. The molecule has 3 amide bonds. The number of imide groups is 1. The molecule has 8 heteroatoms. The Morgan fingerprint density at radius 1 is 1.06 bits per heavy atom. The van der Waals surface area contributed by atoms with Crippen LogP contribution in [0.1, 0.15) is 33.6 Å². The lowest BCUT2D eigenvalue weighted by Gasteiger charge is -2.15. The van der Waals surface area contributed by atoms with Crippen LogP contribution in [-0.2, 0) is 9.59 Å². The van der Waals surface area contributed by atoms with Gasteiger partial charge in [0.05, 0.1) is 4.91 Å². The van der Waals surface area contributed by atoms with Gasteiger partial charge in [0, 0.05) is 23.3 Å². The van der Waals surface area contributed by atoms with Crippen LogP contribution in [0.2, 0.25) is 0 Å². The van der Waals surface area contributed by atoms with Crippen LogP contribution < -0.4 is 5.32 Å². The van der Waals surface area contributed by atoms with E-state index in [2.05, 4.69) is 10.3 Å². The third-order valence-corrected chi connectivity index (χ3v) is 6.71. The number of pyridine rings is 1. The third-order valence-electron chi connectivity index (χ3n) is 5.80. The van der Waals surface area contributed by atoms with E-state index in [0.29, 0.717) is 10.6 Å². The molecule has 2 aromatic heterocycles. The molecule has 3 aromatic rings. The third kappa shape index (κ3) is 4.54. The second-order valence-corrected chi connectivity index (χ2v) is 9.43. The Labute approximate surface area is 202 Å². The van der Waals surface area contributed by atoms with Gasteiger partial charge in [0.2, 0.25) is 5.91 Å². The van der Waals surface area contributed by atoms with Crippen LogP contribution in [0.15, 0.2) is 47.5 Å². The molecule has 4 rings (SSSR count). The first-order valence-corrected chi connectivity index (χ1v) is 11.7. The Balaban J connectivity index is 1.54. The van der Waals surface area contributed by atoms with Crippen molar-refractivity contribution >= 4 is 40.6 Å². The summed E-state index contributed by atoms with van der Waals surface area (Å²) in [6.45, 7) is 9.36. The summed E-state index contributed by atoms with van der Waals surface area (Å²) in [4.78, 5) is 43.9. The van der Waals surface area contributed by atoms with E-state index in [1.165, 1.54) is 0 Å². The first-order valence-electron chi connectivity index (χ1n) is 10.9. The molecule has 0 unspecified atom stereocenters. The van der Waals surface area contributed by atoms with Gasteiger partial charge in [-0.15, -0.1) is 0 Å². The number of hydrogen-bond donors (Lipinski definition) is 1. The summed E-state index contributed by atoms with van der Waals surface area (Å²) in [7, 11) is 0. The average Bonchev–Trinajstić information content (AvgIpc) is 3.21. The van der Waals surface area contributed by atoms with Crippen molar-refractivity contribution in [2.45, 2.75) is 34.6 Å². The van der Waals surface area contributed by atoms with E-state index in [0.717, 1.165) is 56.1 Å². The fourth-order valence-corrected chi connectivity index (χ4v) is 4.82. The summed E-state index contributed by atoms with van der Waals surface area (Å²) in [5.41, 5.74) is 6.31. The number of carbonyl (C=O) groups is 3. The Kier molecular flexibility index (Phi) is 6.43. The number of nitrogens with zero attached hydrogens (tertiary/aromatic N) is 3. The number of anilines is 1. The number of benzene rings is 1. The summed E-state index contributed by atoms with van der Waals surface area (Å²) in [5.74, 6) is -0.0917. The van der Waals surface area contributed by atoms with E-state index in [1.54, 1.807) is 6.08 Å². The highest BCUT2D eigenvalue weighted by Crippen LogP contribution is 2.33. The number of nitrogens with one attached hydrogen (secondary N) is 1. The lowest BCUT2D eigenvalue weighted by Crippen LogP contribution is -2.36. The van der Waals surface area contributed by atoms with E-state index in [4.69, 9.17) is 0 Å². The van der Waals surface area contributed by atoms with Gasteiger partial charge in [0.25, 0.3) is 11.1 Å². The van der Waals surface area contributed by atoms with Crippen molar-refractivity contribution in [1.82, 2.24) is 14.5 Å². The second-order valence-electron chi connectivity index (χ2n) is 8.44. The minimum absolute atomic E-state index is 0.294. The summed E-state index contributed by atoms with van der Waals surface area (Å²) in [6.07, 6.45) is 3.52. The normalized spacial score (nSPS) is 14.9. The molecule has 3 heterocycles.